The zero-order valence-electron chi connectivity index (χ0n) is 24.0. The Morgan fingerprint density at radius 2 is 1.93 bits per heavy atom. The summed E-state index contributed by atoms with van der Waals surface area (Å²) in [6.07, 6.45) is 5.90. The molecule has 0 spiro atoms. The number of fused-ring (bicyclic) bond motifs is 1. The van der Waals surface area contributed by atoms with Gasteiger partial charge in [-0.2, -0.15) is 0 Å². The Kier molecular flexibility index (Phi) is 7.38. The van der Waals surface area contributed by atoms with Crippen LogP contribution in [0.25, 0.3) is 11.1 Å². The number of nitrogens with zero attached hydrogens (tertiary/aromatic N) is 3. The quantitative estimate of drug-likeness (QED) is 0.305. The fourth-order valence-corrected chi connectivity index (χ4v) is 6.58. The topological polar surface area (TPSA) is 130 Å². The Balaban J connectivity index is 1.38. The van der Waals surface area contributed by atoms with Crippen LogP contribution in [0.1, 0.15) is 62.5 Å². The fourth-order valence-electron chi connectivity index (χ4n) is 5.15. The van der Waals surface area contributed by atoms with Gasteiger partial charge in [-0.25, -0.2) is 9.78 Å². The summed E-state index contributed by atoms with van der Waals surface area (Å²) in [6.45, 7) is 14.0. The second-order valence-corrected chi connectivity index (χ2v) is 17.4. The van der Waals surface area contributed by atoms with Gasteiger partial charge in [0.15, 0.2) is 13.9 Å². The Hall–Kier alpha value is -3.44. The number of carbonyl (C=O) groups excluding carboxylic acids is 1. The van der Waals surface area contributed by atoms with E-state index in [1.165, 1.54) is 0 Å². The summed E-state index contributed by atoms with van der Waals surface area (Å²) in [4.78, 5) is 36.1. The van der Waals surface area contributed by atoms with E-state index in [1.807, 2.05) is 6.07 Å². The van der Waals surface area contributed by atoms with Crippen LogP contribution in [0, 0.1) is 5.92 Å². The van der Waals surface area contributed by atoms with Crippen molar-refractivity contribution in [3.05, 3.63) is 48.1 Å². The summed E-state index contributed by atoms with van der Waals surface area (Å²) in [7, 11) is -2.15. The van der Waals surface area contributed by atoms with Gasteiger partial charge in [0.2, 0.25) is 0 Å². The first-order chi connectivity index (χ1) is 18.8. The number of carbonyl (C=O) groups is 2. The molecule has 3 N–H and O–H groups in total. The summed E-state index contributed by atoms with van der Waals surface area (Å²) in [5.41, 5.74) is 4.07. The summed E-state index contributed by atoms with van der Waals surface area (Å²) < 4.78 is 12.4. The zero-order chi connectivity index (χ0) is 28.8. The molecule has 2 amide bonds. The van der Waals surface area contributed by atoms with Crippen molar-refractivity contribution in [2.24, 2.45) is 5.92 Å². The number of piperidine rings is 1. The van der Waals surface area contributed by atoms with Crippen LogP contribution < -0.4 is 15.5 Å². The van der Waals surface area contributed by atoms with Crippen molar-refractivity contribution in [3.63, 3.8) is 0 Å². The average molecular weight is 566 g/mol. The molecule has 0 unspecified atom stereocenters. The van der Waals surface area contributed by atoms with E-state index in [9.17, 15) is 14.7 Å². The first kappa shape index (κ1) is 28.1. The van der Waals surface area contributed by atoms with Crippen LogP contribution in [0.2, 0.25) is 18.1 Å². The van der Waals surface area contributed by atoms with Crippen molar-refractivity contribution in [2.75, 3.05) is 23.3 Å². The lowest BCUT2D eigenvalue weighted by Crippen LogP contribution is -2.62. The number of amides is 2. The minimum Gasteiger partial charge on any atom is -0.465 e. The molecular weight excluding hydrogens is 526 g/mol. The maximum atomic E-state index is 13.3. The first-order valence-electron chi connectivity index (χ1n) is 13.9. The van der Waals surface area contributed by atoms with Crippen LogP contribution >= 0.6 is 0 Å². The van der Waals surface area contributed by atoms with E-state index >= 15 is 0 Å². The first-order valence-corrected chi connectivity index (χ1v) is 16.8. The van der Waals surface area contributed by atoms with Gasteiger partial charge in [0, 0.05) is 30.8 Å². The molecule has 5 rings (SSSR count). The maximum absolute atomic E-state index is 13.3. The number of nitrogens with one attached hydrogen (secondary N) is 2. The Morgan fingerprint density at radius 1 is 1.18 bits per heavy atom. The second kappa shape index (κ2) is 10.5. The Bertz CT molecular complexity index is 1410. The average Bonchev–Trinajstić information content (AvgIpc) is 3.63. The normalized spacial score (nSPS) is 21.9. The third-order valence-electron chi connectivity index (χ3n) is 8.51. The summed E-state index contributed by atoms with van der Waals surface area (Å²) in [5.74, 6) is 0.140. The SMILES string of the molecule is C[C@H]1CN(c2ccncc2NC(=O)c2ccc3occ(C4CC4)c3n2)C[C@@H](NC(=O)O)[C@@H]1O[Si](C)(C)C(C)(C)C. The highest BCUT2D eigenvalue weighted by molar-refractivity contribution is 6.74. The van der Waals surface area contributed by atoms with E-state index in [2.05, 4.69) is 66.3 Å². The zero-order valence-corrected chi connectivity index (χ0v) is 25.0. The predicted octanol–water partition coefficient (Wildman–Crippen LogP) is 5.84. The molecule has 0 radical (unpaired) electrons. The van der Waals surface area contributed by atoms with Crippen molar-refractivity contribution >= 4 is 42.8 Å². The molecule has 1 saturated carbocycles. The van der Waals surface area contributed by atoms with E-state index in [0.717, 1.165) is 29.6 Å². The van der Waals surface area contributed by atoms with E-state index in [-0.39, 0.29) is 23.0 Å². The number of pyridine rings is 2. The number of carboxylic acid groups (broad SMARTS) is 1. The summed E-state index contributed by atoms with van der Waals surface area (Å²) >= 11 is 0. The van der Waals surface area contributed by atoms with Gasteiger partial charge < -0.3 is 29.5 Å². The molecule has 3 atom stereocenters. The Morgan fingerprint density at radius 3 is 2.60 bits per heavy atom. The molecule has 1 saturated heterocycles. The number of hydrogen-bond acceptors (Lipinski definition) is 7. The van der Waals surface area contributed by atoms with Crippen LogP contribution in [-0.2, 0) is 4.43 Å². The van der Waals surface area contributed by atoms with Gasteiger partial charge in [-0.05, 0) is 55.1 Å². The summed E-state index contributed by atoms with van der Waals surface area (Å²) in [6, 6.07) is 4.84. The standard InChI is InChI=1S/C29H39N5O5Si/c1-17-14-34(15-22(33-28(36)37)26(17)39-40(5,6)29(2,3)4)23-11-12-30-13-21(23)32-27(35)20-9-10-24-25(31-20)19(16-38-24)18-7-8-18/h9-13,16-18,22,26,33H,7-8,14-15H2,1-6H3,(H,32,35)(H,36,37)/t17-,22+,26+/m0/s1. The highest BCUT2D eigenvalue weighted by atomic mass is 28.4. The number of hydrogen-bond donors (Lipinski definition) is 3. The second-order valence-electron chi connectivity index (χ2n) is 12.6. The van der Waals surface area contributed by atoms with Gasteiger partial charge >= 0.3 is 6.09 Å². The van der Waals surface area contributed by atoms with Crippen LogP contribution in [0.3, 0.4) is 0 Å². The van der Waals surface area contributed by atoms with Crippen molar-refractivity contribution < 1.29 is 23.5 Å². The van der Waals surface area contributed by atoms with Crippen molar-refractivity contribution in [1.29, 1.82) is 0 Å². The van der Waals surface area contributed by atoms with E-state index < -0.39 is 20.5 Å². The number of anilines is 2. The summed E-state index contributed by atoms with van der Waals surface area (Å²) in [5, 5.41) is 15.3. The molecule has 1 aliphatic carbocycles. The monoisotopic (exact) mass is 565 g/mol. The lowest BCUT2D eigenvalue weighted by molar-refractivity contribution is 0.0722. The van der Waals surface area contributed by atoms with Gasteiger partial charge in [0.1, 0.15) is 11.2 Å². The van der Waals surface area contributed by atoms with Crippen LogP contribution in [0.15, 0.2) is 41.3 Å². The number of aromatic nitrogens is 2. The smallest absolute Gasteiger partial charge is 0.405 e. The lowest BCUT2D eigenvalue weighted by atomic mass is 9.92. The van der Waals surface area contributed by atoms with E-state index in [0.29, 0.717) is 36.0 Å². The van der Waals surface area contributed by atoms with E-state index in [4.69, 9.17) is 8.84 Å². The maximum Gasteiger partial charge on any atom is 0.405 e. The third kappa shape index (κ3) is 5.71. The molecule has 3 aromatic heterocycles. The number of rotatable bonds is 7. The third-order valence-corrected chi connectivity index (χ3v) is 13.0. The van der Waals surface area contributed by atoms with Gasteiger partial charge in [0.05, 0.1) is 36.0 Å². The van der Waals surface area contributed by atoms with Gasteiger partial charge in [-0.1, -0.05) is 27.7 Å². The molecule has 3 aromatic rings. The lowest BCUT2D eigenvalue weighted by Gasteiger charge is -2.48. The largest absolute Gasteiger partial charge is 0.465 e. The molecule has 2 aliphatic rings. The predicted molar refractivity (Wildman–Crippen MR) is 157 cm³/mol. The van der Waals surface area contributed by atoms with E-state index in [1.54, 1.807) is 30.8 Å². The minimum absolute atomic E-state index is 0.00684. The van der Waals surface area contributed by atoms with Gasteiger partial charge in [-0.3, -0.25) is 9.78 Å². The molecule has 40 heavy (non-hydrogen) atoms. The highest BCUT2D eigenvalue weighted by Gasteiger charge is 2.45. The van der Waals surface area contributed by atoms with Gasteiger partial charge in [-0.15, -0.1) is 0 Å². The molecule has 2 fully saturated rings. The van der Waals surface area contributed by atoms with Gasteiger partial charge in [0.25, 0.3) is 5.91 Å². The van der Waals surface area contributed by atoms with Crippen LogP contribution in [0.4, 0.5) is 16.2 Å². The molecular formula is C29H39N5O5Si. The molecule has 4 heterocycles. The molecule has 0 bridgehead atoms. The Labute approximate surface area is 235 Å². The van der Waals surface area contributed by atoms with Crippen LogP contribution in [0.5, 0.6) is 0 Å². The van der Waals surface area contributed by atoms with Crippen molar-refractivity contribution in [1.82, 2.24) is 15.3 Å². The minimum atomic E-state index is -2.15. The van der Waals surface area contributed by atoms with Crippen molar-refractivity contribution in [3.8, 4) is 0 Å². The molecule has 1 aliphatic heterocycles. The molecule has 10 nitrogen and oxygen atoms in total. The number of furan rings is 1. The van der Waals surface area contributed by atoms with Crippen molar-refractivity contribution in [2.45, 2.75) is 76.7 Å². The molecule has 0 aromatic carbocycles. The molecule has 214 valence electrons. The fraction of sp³-hybridized carbons (Fsp3) is 0.517. The van der Waals surface area contributed by atoms with Crippen LogP contribution in [-0.4, -0.2) is 60.6 Å². The highest BCUT2D eigenvalue weighted by Crippen LogP contribution is 2.43. The molecule has 11 heteroatoms.